The van der Waals surface area contributed by atoms with Crippen LogP contribution in [0.1, 0.15) is 56.6 Å². The van der Waals surface area contributed by atoms with E-state index in [1.165, 1.54) is 0 Å². The van der Waals surface area contributed by atoms with Crippen molar-refractivity contribution in [1.29, 1.82) is 0 Å². The molecule has 1 aromatic heterocycles. The van der Waals surface area contributed by atoms with Gasteiger partial charge in [-0.1, -0.05) is 19.3 Å². The molecule has 1 N–H and O–H groups in total. The smallest absolute Gasteiger partial charge is 0.142 e. The minimum atomic E-state index is -0.774. The van der Waals surface area contributed by atoms with E-state index in [4.69, 9.17) is 4.42 Å². The summed E-state index contributed by atoms with van der Waals surface area (Å²) in [5, 5.41) is 11.3. The van der Waals surface area contributed by atoms with Gasteiger partial charge in [-0.2, -0.15) is 0 Å². The van der Waals surface area contributed by atoms with E-state index in [9.17, 15) is 9.90 Å². The fraction of sp³-hybridized carbons (Fsp3) is 0.706. The van der Waals surface area contributed by atoms with Crippen LogP contribution in [-0.4, -0.2) is 16.5 Å². The molecule has 0 aromatic carbocycles. The Morgan fingerprint density at radius 3 is 2.90 bits per heavy atom. The van der Waals surface area contributed by atoms with Crippen LogP contribution in [0.5, 0.6) is 0 Å². The molecule has 2 bridgehead atoms. The Bertz CT molecular complexity index is 506. The number of carbonyl (C=O) groups is 1. The first-order valence-corrected chi connectivity index (χ1v) is 8.01. The molecule has 3 aliphatic rings. The van der Waals surface area contributed by atoms with Crippen LogP contribution in [-0.2, 0) is 4.79 Å². The minimum Gasteiger partial charge on any atom is -0.469 e. The zero-order valence-corrected chi connectivity index (χ0v) is 11.8. The van der Waals surface area contributed by atoms with Crippen LogP contribution in [0, 0.1) is 17.8 Å². The number of carbonyl (C=O) groups excluding carboxylic acids is 1. The lowest BCUT2D eigenvalue weighted by Gasteiger charge is -2.55. The van der Waals surface area contributed by atoms with E-state index in [0.717, 1.165) is 50.7 Å². The first-order valence-electron chi connectivity index (χ1n) is 8.01. The first-order chi connectivity index (χ1) is 9.72. The highest BCUT2D eigenvalue weighted by Crippen LogP contribution is 2.58. The zero-order chi connectivity index (χ0) is 13.7. The van der Waals surface area contributed by atoms with Gasteiger partial charge in [-0.15, -0.1) is 0 Å². The summed E-state index contributed by atoms with van der Waals surface area (Å²) >= 11 is 0. The van der Waals surface area contributed by atoms with E-state index >= 15 is 0 Å². The largest absolute Gasteiger partial charge is 0.469 e. The third-order valence-corrected chi connectivity index (χ3v) is 6.04. The summed E-state index contributed by atoms with van der Waals surface area (Å²) < 4.78 is 5.64. The molecule has 20 heavy (non-hydrogen) atoms. The van der Waals surface area contributed by atoms with Crippen molar-refractivity contribution < 1.29 is 14.3 Å². The van der Waals surface area contributed by atoms with E-state index in [-0.39, 0.29) is 23.7 Å². The third-order valence-electron chi connectivity index (χ3n) is 6.04. The van der Waals surface area contributed by atoms with Crippen molar-refractivity contribution in [3.63, 3.8) is 0 Å². The molecule has 1 heterocycles. The summed E-state index contributed by atoms with van der Waals surface area (Å²) in [5.74, 6) is 1.48. The van der Waals surface area contributed by atoms with Crippen LogP contribution in [0.4, 0.5) is 0 Å². The Hall–Kier alpha value is -1.09. The summed E-state index contributed by atoms with van der Waals surface area (Å²) in [6.07, 6.45) is 8.63. The van der Waals surface area contributed by atoms with Crippen molar-refractivity contribution in [2.24, 2.45) is 17.8 Å². The summed E-state index contributed by atoms with van der Waals surface area (Å²) in [6.45, 7) is 0. The van der Waals surface area contributed by atoms with E-state index in [1.807, 2.05) is 12.1 Å². The predicted octanol–water partition coefficient (Wildman–Crippen LogP) is 3.28. The van der Waals surface area contributed by atoms with Crippen molar-refractivity contribution in [2.45, 2.75) is 56.5 Å². The lowest BCUT2D eigenvalue weighted by Crippen LogP contribution is -2.60. The molecular formula is C17H22O3. The number of fused-ring (bicyclic) bond motifs is 4. The normalized spacial score (nSPS) is 44.1. The molecule has 108 valence electrons. The van der Waals surface area contributed by atoms with E-state index in [2.05, 4.69) is 0 Å². The van der Waals surface area contributed by atoms with Crippen LogP contribution in [0.25, 0.3) is 0 Å². The highest BCUT2D eigenvalue weighted by atomic mass is 16.3. The highest BCUT2D eigenvalue weighted by Gasteiger charge is 2.60. The summed E-state index contributed by atoms with van der Waals surface area (Å²) in [4.78, 5) is 12.8. The number of ketones is 1. The third kappa shape index (κ3) is 1.59. The molecule has 5 atom stereocenters. The second kappa shape index (κ2) is 4.45. The first kappa shape index (κ1) is 12.6. The van der Waals surface area contributed by atoms with Gasteiger partial charge in [0.05, 0.1) is 11.9 Å². The maximum Gasteiger partial charge on any atom is 0.142 e. The van der Waals surface area contributed by atoms with Gasteiger partial charge in [-0.25, -0.2) is 0 Å². The van der Waals surface area contributed by atoms with E-state index in [1.54, 1.807) is 6.26 Å². The number of Topliss-reactive ketones (excluding diaryl/α,β-unsaturated/α-hetero) is 1. The van der Waals surface area contributed by atoms with Crippen LogP contribution in [0.2, 0.25) is 0 Å². The monoisotopic (exact) mass is 274 g/mol. The van der Waals surface area contributed by atoms with Crippen LogP contribution in [0.15, 0.2) is 22.8 Å². The second-order valence-corrected chi connectivity index (χ2v) is 6.88. The summed E-state index contributed by atoms with van der Waals surface area (Å²) in [5.41, 5.74) is -0.774. The van der Waals surface area contributed by atoms with Gasteiger partial charge in [0.2, 0.25) is 0 Å². The van der Waals surface area contributed by atoms with Crippen molar-refractivity contribution in [1.82, 2.24) is 0 Å². The summed E-state index contributed by atoms with van der Waals surface area (Å²) in [7, 11) is 0. The molecule has 0 saturated heterocycles. The number of hydrogen-bond acceptors (Lipinski definition) is 3. The molecule has 3 saturated carbocycles. The summed E-state index contributed by atoms with van der Waals surface area (Å²) in [6, 6.07) is 3.89. The van der Waals surface area contributed by atoms with Crippen LogP contribution >= 0.6 is 0 Å². The predicted molar refractivity (Wildman–Crippen MR) is 74.2 cm³/mol. The average molecular weight is 274 g/mol. The molecule has 0 unspecified atom stereocenters. The minimum absolute atomic E-state index is 0.0725. The standard InChI is InChI=1S/C17H22O3/c18-16-11-5-3-7-13(16)17(19)9-2-1-6-12(17)15(11)14-8-4-10-20-14/h4,8,10-13,15,19H,1-3,5-7,9H2/t11-,12-,13+,15-,17-/m0/s1. The van der Waals surface area contributed by atoms with Gasteiger partial charge in [-0.3, -0.25) is 4.79 Å². The van der Waals surface area contributed by atoms with Crippen molar-refractivity contribution in [2.75, 3.05) is 0 Å². The Labute approximate surface area is 119 Å². The zero-order valence-electron chi connectivity index (χ0n) is 11.8. The van der Waals surface area contributed by atoms with E-state index in [0.29, 0.717) is 5.78 Å². The fourth-order valence-corrected chi connectivity index (χ4v) is 5.23. The SMILES string of the molecule is O=C1[C@H]2CCC[C@H]1[C@]1(O)CCCC[C@H]1[C@H]2c1ccco1. The molecule has 0 aliphatic heterocycles. The fourth-order valence-electron chi connectivity index (χ4n) is 5.23. The lowest BCUT2D eigenvalue weighted by atomic mass is 9.50. The van der Waals surface area contributed by atoms with Gasteiger partial charge in [0, 0.05) is 17.8 Å². The average Bonchev–Trinajstić information content (AvgIpc) is 2.95. The van der Waals surface area contributed by atoms with Gasteiger partial charge in [0.25, 0.3) is 0 Å². The topological polar surface area (TPSA) is 50.4 Å². The molecular weight excluding hydrogens is 252 g/mol. The molecule has 3 heteroatoms. The quantitative estimate of drug-likeness (QED) is 0.855. The maximum absolute atomic E-state index is 12.8. The molecule has 3 aliphatic carbocycles. The van der Waals surface area contributed by atoms with Crippen molar-refractivity contribution >= 4 is 5.78 Å². The molecule has 1 aromatic rings. The Morgan fingerprint density at radius 2 is 2.10 bits per heavy atom. The highest BCUT2D eigenvalue weighted by molar-refractivity contribution is 5.87. The molecule has 3 fully saturated rings. The van der Waals surface area contributed by atoms with Gasteiger partial charge in [-0.05, 0) is 43.7 Å². The number of rotatable bonds is 1. The maximum atomic E-state index is 12.8. The van der Waals surface area contributed by atoms with Crippen LogP contribution in [0.3, 0.4) is 0 Å². The Kier molecular flexibility index (Phi) is 2.81. The van der Waals surface area contributed by atoms with Gasteiger partial charge < -0.3 is 9.52 Å². The molecule has 3 nitrogen and oxygen atoms in total. The molecule has 0 spiro atoms. The second-order valence-electron chi connectivity index (χ2n) is 6.88. The molecule has 0 amide bonds. The number of furan rings is 1. The molecule has 4 rings (SSSR count). The van der Waals surface area contributed by atoms with Crippen molar-refractivity contribution in [3.8, 4) is 0 Å². The van der Waals surface area contributed by atoms with Gasteiger partial charge in [0.15, 0.2) is 0 Å². The van der Waals surface area contributed by atoms with Gasteiger partial charge in [0.1, 0.15) is 11.5 Å². The molecule has 0 radical (unpaired) electrons. The lowest BCUT2D eigenvalue weighted by molar-refractivity contribution is -0.174. The van der Waals surface area contributed by atoms with Gasteiger partial charge >= 0.3 is 0 Å². The number of hydrogen-bond donors (Lipinski definition) is 1. The Morgan fingerprint density at radius 1 is 1.20 bits per heavy atom. The number of aliphatic hydroxyl groups is 1. The Balaban J connectivity index is 1.82. The van der Waals surface area contributed by atoms with Crippen molar-refractivity contribution in [3.05, 3.63) is 24.2 Å². The van der Waals surface area contributed by atoms with E-state index < -0.39 is 5.60 Å². The van der Waals surface area contributed by atoms with Crippen LogP contribution < -0.4 is 0 Å².